The number of rotatable bonds is 7. The second kappa shape index (κ2) is 6.32. The smallest absolute Gasteiger partial charge is 0.215 e. The van der Waals surface area contributed by atoms with Crippen molar-refractivity contribution in [2.45, 2.75) is 51.2 Å². The van der Waals surface area contributed by atoms with Gasteiger partial charge in [-0.25, -0.2) is 12.7 Å². The first-order valence-corrected chi connectivity index (χ1v) is 8.26. The molecule has 1 saturated carbocycles. The summed E-state index contributed by atoms with van der Waals surface area (Å²) < 4.78 is 25.3. The molecule has 0 radical (unpaired) electrons. The van der Waals surface area contributed by atoms with Crippen LogP contribution in [0.15, 0.2) is 0 Å². The van der Waals surface area contributed by atoms with E-state index in [9.17, 15) is 13.5 Å². The van der Waals surface area contributed by atoms with E-state index in [1.54, 1.807) is 7.05 Å². The van der Waals surface area contributed by atoms with E-state index < -0.39 is 15.6 Å². The van der Waals surface area contributed by atoms with Gasteiger partial charge in [0.25, 0.3) is 0 Å². The highest BCUT2D eigenvalue weighted by atomic mass is 32.2. The lowest BCUT2D eigenvalue weighted by atomic mass is 10.0. The first kappa shape index (κ1) is 15.9. The summed E-state index contributed by atoms with van der Waals surface area (Å²) in [5.74, 6) is 0.0811. The fraction of sp³-hybridized carbons (Fsp3) is 1.00. The third-order valence-corrected chi connectivity index (χ3v) is 5.24. The third-order valence-electron chi connectivity index (χ3n) is 3.44. The van der Waals surface area contributed by atoms with Gasteiger partial charge in [0.15, 0.2) is 0 Å². The van der Waals surface area contributed by atoms with Crippen molar-refractivity contribution < 1.29 is 13.5 Å². The number of hydrogen-bond acceptors (Lipinski definition) is 4. The highest BCUT2D eigenvalue weighted by Gasteiger charge is 2.35. The van der Waals surface area contributed by atoms with Crippen LogP contribution >= 0.6 is 0 Å². The number of likely N-dealkylation sites (N-methyl/N-ethyl adjacent to an activating group) is 1. The van der Waals surface area contributed by atoms with Gasteiger partial charge in [0, 0.05) is 26.2 Å². The number of hydrogen-bond donors (Lipinski definition) is 2. The number of nitrogens with zero attached hydrogens (tertiary/aromatic N) is 1. The van der Waals surface area contributed by atoms with Gasteiger partial charge in [0.05, 0.1) is 11.4 Å². The third kappa shape index (κ3) is 4.84. The molecule has 0 aromatic carbocycles. The monoisotopic (exact) mass is 278 g/mol. The lowest BCUT2D eigenvalue weighted by Crippen LogP contribution is -2.44. The van der Waals surface area contributed by atoms with Crippen molar-refractivity contribution >= 4 is 10.0 Å². The second-order valence-corrected chi connectivity index (χ2v) is 7.81. The summed E-state index contributed by atoms with van der Waals surface area (Å²) in [4.78, 5) is 0. The molecule has 0 spiro atoms. The van der Waals surface area contributed by atoms with E-state index in [0.717, 1.165) is 12.8 Å². The zero-order valence-electron chi connectivity index (χ0n) is 11.6. The summed E-state index contributed by atoms with van der Waals surface area (Å²) >= 11 is 0. The Kier molecular flexibility index (Phi) is 5.58. The summed E-state index contributed by atoms with van der Waals surface area (Å²) in [6.07, 6.45) is 3.38. The van der Waals surface area contributed by atoms with E-state index in [4.69, 9.17) is 0 Å². The minimum atomic E-state index is -3.27. The lowest BCUT2D eigenvalue weighted by Gasteiger charge is -2.28. The van der Waals surface area contributed by atoms with Crippen molar-refractivity contribution in [2.24, 2.45) is 0 Å². The molecule has 108 valence electrons. The Morgan fingerprint density at radius 2 is 1.89 bits per heavy atom. The largest absolute Gasteiger partial charge is 0.389 e. The molecule has 0 heterocycles. The van der Waals surface area contributed by atoms with Crippen LogP contribution in [-0.4, -0.2) is 55.4 Å². The van der Waals surface area contributed by atoms with Crippen LogP contribution in [0.3, 0.4) is 0 Å². The Labute approximate surface area is 111 Å². The SMILES string of the molecule is CC(C)NCCS(=O)(=O)N(C)CC1(O)CCCC1. The molecule has 0 atom stereocenters. The van der Waals surface area contributed by atoms with Crippen LogP contribution in [-0.2, 0) is 10.0 Å². The van der Waals surface area contributed by atoms with Crippen LogP contribution in [0.1, 0.15) is 39.5 Å². The summed E-state index contributed by atoms with van der Waals surface area (Å²) in [7, 11) is -1.71. The fourth-order valence-corrected chi connectivity index (χ4v) is 3.46. The average molecular weight is 278 g/mol. The molecule has 0 unspecified atom stereocenters. The van der Waals surface area contributed by atoms with Crippen molar-refractivity contribution in [2.75, 3.05) is 25.9 Å². The Balaban J connectivity index is 2.46. The maximum absolute atomic E-state index is 12.0. The quantitative estimate of drug-likeness (QED) is 0.713. The van der Waals surface area contributed by atoms with Crippen LogP contribution in [0.2, 0.25) is 0 Å². The van der Waals surface area contributed by atoms with E-state index in [2.05, 4.69) is 5.32 Å². The highest BCUT2D eigenvalue weighted by molar-refractivity contribution is 7.89. The fourth-order valence-electron chi connectivity index (χ4n) is 2.34. The molecule has 0 amide bonds. The van der Waals surface area contributed by atoms with E-state index in [0.29, 0.717) is 19.4 Å². The van der Waals surface area contributed by atoms with Gasteiger partial charge in [-0.2, -0.15) is 0 Å². The summed E-state index contributed by atoms with van der Waals surface area (Å²) in [6.45, 7) is 4.63. The second-order valence-electron chi connectivity index (χ2n) is 5.61. The molecule has 6 heteroatoms. The van der Waals surface area contributed by atoms with Gasteiger partial charge < -0.3 is 10.4 Å². The highest BCUT2D eigenvalue weighted by Crippen LogP contribution is 2.30. The van der Waals surface area contributed by atoms with Gasteiger partial charge in [0.1, 0.15) is 0 Å². The summed E-state index contributed by atoms with van der Waals surface area (Å²) in [5.41, 5.74) is -0.812. The van der Waals surface area contributed by atoms with Gasteiger partial charge in [-0.15, -0.1) is 0 Å². The Bertz CT molecular complexity index is 348. The zero-order chi connectivity index (χ0) is 13.8. The van der Waals surface area contributed by atoms with Crippen LogP contribution < -0.4 is 5.32 Å². The molecule has 18 heavy (non-hydrogen) atoms. The Morgan fingerprint density at radius 1 is 1.33 bits per heavy atom. The maximum atomic E-state index is 12.0. The van der Waals surface area contributed by atoms with Gasteiger partial charge >= 0.3 is 0 Å². The van der Waals surface area contributed by atoms with Crippen molar-refractivity contribution in [3.05, 3.63) is 0 Å². The lowest BCUT2D eigenvalue weighted by molar-refractivity contribution is 0.0333. The first-order chi connectivity index (χ1) is 8.25. The number of nitrogens with one attached hydrogen (secondary N) is 1. The molecule has 0 aromatic rings. The molecule has 5 nitrogen and oxygen atoms in total. The predicted molar refractivity (Wildman–Crippen MR) is 73.0 cm³/mol. The molecule has 0 saturated heterocycles. The molecule has 2 N–H and O–H groups in total. The minimum Gasteiger partial charge on any atom is -0.389 e. The van der Waals surface area contributed by atoms with E-state index in [1.807, 2.05) is 13.8 Å². The van der Waals surface area contributed by atoms with E-state index >= 15 is 0 Å². The topological polar surface area (TPSA) is 69.6 Å². The first-order valence-electron chi connectivity index (χ1n) is 6.65. The average Bonchev–Trinajstić information content (AvgIpc) is 2.63. The number of sulfonamides is 1. The predicted octanol–water partition coefficient (Wildman–Crippen LogP) is 0.551. The molecule has 1 aliphatic carbocycles. The molecule has 1 rings (SSSR count). The van der Waals surface area contributed by atoms with E-state index in [1.165, 1.54) is 4.31 Å². The molecule has 1 aliphatic rings. The van der Waals surface area contributed by atoms with Gasteiger partial charge in [-0.3, -0.25) is 0 Å². The normalized spacial score (nSPS) is 19.9. The summed E-state index contributed by atoms with van der Waals surface area (Å²) in [6, 6.07) is 0.282. The Hall–Kier alpha value is -0.170. The van der Waals surface area contributed by atoms with Crippen LogP contribution in [0.25, 0.3) is 0 Å². The van der Waals surface area contributed by atoms with Crippen molar-refractivity contribution in [3.8, 4) is 0 Å². The van der Waals surface area contributed by atoms with Crippen LogP contribution in [0.4, 0.5) is 0 Å². The van der Waals surface area contributed by atoms with Gasteiger partial charge in [-0.05, 0) is 12.8 Å². The minimum absolute atomic E-state index is 0.0811. The standard InChI is InChI=1S/C12H26N2O3S/c1-11(2)13-8-9-18(16,17)14(3)10-12(15)6-4-5-7-12/h11,13,15H,4-10H2,1-3H3. The molecular formula is C12H26N2O3S. The van der Waals surface area contributed by atoms with Gasteiger partial charge in [-0.1, -0.05) is 26.7 Å². The number of aliphatic hydroxyl groups is 1. The van der Waals surface area contributed by atoms with Crippen LogP contribution in [0.5, 0.6) is 0 Å². The molecule has 0 bridgehead atoms. The maximum Gasteiger partial charge on any atom is 0.215 e. The zero-order valence-corrected chi connectivity index (χ0v) is 12.5. The van der Waals surface area contributed by atoms with Crippen molar-refractivity contribution in [3.63, 3.8) is 0 Å². The summed E-state index contributed by atoms with van der Waals surface area (Å²) in [5, 5.41) is 13.3. The van der Waals surface area contributed by atoms with E-state index in [-0.39, 0.29) is 18.3 Å². The molecular weight excluding hydrogens is 252 g/mol. The van der Waals surface area contributed by atoms with Gasteiger partial charge in [0.2, 0.25) is 10.0 Å². The van der Waals surface area contributed by atoms with Crippen molar-refractivity contribution in [1.29, 1.82) is 0 Å². The van der Waals surface area contributed by atoms with Crippen molar-refractivity contribution in [1.82, 2.24) is 9.62 Å². The molecule has 0 aliphatic heterocycles. The van der Waals surface area contributed by atoms with Crippen LogP contribution in [0, 0.1) is 0 Å². The molecule has 1 fully saturated rings. The Morgan fingerprint density at radius 3 is 2.39 bits per heavy atom. The molecule has 0 aromatic heterocycles.